The number of nitrogens with zero attached hydrogens (tertiary/aromatic N) is 1. The number of benzene rings is 2. The average Bonchev–Trinajstić information content (AvgIpc) is 2.71. The summed E-state index contributed by atoms with van der Waals surface area (Å²) in [6, 6.07) is 14.7. The van der Waals surface area contributed by atoms with E-state index in [1.54, 1.807) is 19.1 Å². The van der Waals surface area contributed by atoms with E-state index in [0.29, 0.717) is 5.56 Å². The molecular weight excluding hydrogens is 374 g/mol. The van der Waals surface area contributed by atoms with Crippen LogP contribution in [-0.4, -0.2) is 35.8 Å². The van der Waals surface area contributed by atoms with Crippen molar-refractivity contribution in [2.24, 2.45) is 0 Å². The maximum atomic E-state index is 12.6. The van der Waals surface area contributed by atoms with Crippen LogP contribution in [0.4, 0.5) is 5.69 Å². The maximum absolute atomic E-state index is 12.6. The highest BCUT2D eigenvalue weighted by molar-refractivity contribution is 6.01. The summed E-state index contributed by atoms with van der Waals surface area (Å²) in [5, 5.41) is 5.69. The lowest BCUT2D eigenvalue weighted by molar-refractivity contribution is -0.117. The lowest BCUT2D eigenvalue weighted by atomic mass is 9.86. The molecule has 2 aromatic carbocycles. The van der Waals surface area contributed by atoms with Gasteiger partial charge in [0.2, 0.25) is 5.91 Å². The first-order valence-electron chi connectivity index (χ1n) is 10.7. The van der Waals surface area contributed by atoms with Crippen LogP contribution in [0.2, 0.25) is 0 Å². The van der Waals surface area contributed by atoms with Gasteiger partial charge in [0.25, 0.3) is 5.91 Å². The third-order valence-electron chi connectivity index (χ3n) is 5.25. The number of carbonyl (C=O) groups excluding carboxylic acids is 2. The Bertz CT molecular complexity index is 849. The summed E-state index contributed by atoms with van der Waals surface area (Å²) >= 11 is 0. The van der Waals surface area contributed by atoms with E-state index in [2.05, 4.69) is 56.2 Å². The number of hydrogen-bond acceptors (Lipinski definition) is 3. The van der Waals surface area contributed by atoms with Crippen molar-refractivity contribution in [1.29, 1.82) is 0 Å². The third kappa shape index (κ3) is 6.70. The van der Waals surface area contributed by atoms with E-state index in [0.717, 1.165) is 36.4 Å². The fraction of sp³-hybridized carbons (Fsp3) is 0.440. The van der Waals surface area contributed by atoms with Gasteiger partial charge in [-0.25, -0.2) is 0 Å². The number of carbonyl (C=O) groups is 2. The highest BCUT2D eigenvalue weighted by Gasteiger charge is 2.18. The predicted octanol–water partition coefficient (Wildman–Crippen LogP) is 4.58. The van der Waals surface area contributed by atoms with Gasteiger partial charge in [0.15, 0.2) is 0 Å². The highest BCUT2D eigenvalue weighted by Crippen LogP contribution is 2.22. The lowest BCUT2D eigenvalue weighted by Gasteiger charge is -2.20. The Balaban J connectivity index is 1.97. The van der Waals surface area contributed by atoms with E-state index in [4.69, 9.17) is 0 Å². The standard InChI is InChI=1S/C25H35N3O2/c1-7-28(8-2)17-19-10-9-11-22(16-19)27-23(29)18(3)26-24(30)20-12-14-21(15-13-20)25(4,5)6/h9-16,18H,7-8,17H2,1-6H3,(H,26,30)(H,27,29). The van der Waals surface area contributed by atoms with E-state index >= 15 is 0 Å². The number of hydrogen-bond donors (Lipinski definition) is 2. The molecule has 0 aromatic heterocycles. The molecule has 0 aliphatic heterocycles. The summed E-state index contributed by atoms with van der Waals surface area (Å²) in [7, 11) is 0. The van der Waals surface area contributed by atoms with Crippen LogP contribution in [0.1, 0.15) is 63.0 Å². The minimum absolute atomic E-state index is 0.0298. The topological polar surface area (TPSA) is 61.4 Å². The third-order valence-corrected chi connectivity index (χ3v) is 5.25. The Labute approximate surface area is 180 Å². The van der Waals surface area contributed by atoms with Gasteiger partial charge in [0.05, 0.1) is 0 Å². The fourth-order valence-corrected chi connectivity index (χ4v) is 3.17. The van der Waals surface area contributed by atoms with Gasteiger partial charge in [-0.15, -0.1) is 0 Å². The Hall–Kier alpha value is -2.66. The molecule has 1 unspecified atom stereocenters. The Kier molecular flexibility index (Phi) is 8.18. The molecule has 0 fully saturated rings. The van der Waals surface area contributed by atoms with Crippen LogP contribution in [-0.2, 0) is 16.8 Å². The van der Waals surface area contributed by atoms with Gasteiger partial charge in [-0.2, -0.15) is 0 Å². The molecule has 0 saturated carbocycles. The molecule has 1 atom stereocenters. The molecule has 0 spiro atoms. The largest absolute Gasteiger partial charge is 0.341 e. The molecule has 0 aliphatic rings. The lowest BCUT2D eigenvalue weighted by Crippen LogP contribution is -2.41. The second-order valence-electron chi connectivity index (χ2n) is 8.67. The van der Waals surface area contributed by atoms with Crippen LogP contribution in [0.25, 0.3) is 0 Å². The molecule has 2 rings (SSSR count). The van der Waals surface area contributed by atoms with Gasteiger partial charge < -0.3 is 10.6 Å². The van der Waals surface area contributed by atoms with Crippen LogP contribution < -0.4 is 10.6 Å². The number of anilines is 1. The normalized spacial score (nSPS) is 12.5. The molecule has 2 N–H and O–H groups in total. The monoisotopic (exact) mass is 409 g/mol. The zero-order chi connectivity index (χ0) is 22.3. The van der Waals surface area contributed by atoms with Crippen molar-refractivity contribution in [3.63, 3.8) is 0 Å². The van der Waals surface area contributed by atoms with Gasteiger partial charge in [-0.3, -0.25) is 14.5 Å². The fourth-order valence-electron chi connectivity index (χ4n) is 3.17. The van der Waals surface area contributed by atoms with Crippen molar-refractivity contribution in [3.8, 4) is 0 Å². The second-order valence-corrected chi connectivity index (χ2v) is 8.67. The predicted molar refractivity (Wildman–Crippen MR) is 124 cm³/mol. The number of nitrogens with one attached hydrogen (secondary N) is 2. The molecule has 30 heavy (non-hydrogen) atoms. The molecule has 0 saturated heterocycles. The first kappa shape index (κ1) is 23.6. The minimum Gasteiger partial charge on any atom is -0.341 e. The zero-order valence-corrected chi connectivity index (χ0v) is 19.1. The van der Waals surface area contributed by atoms with Crippen LogP contribution in [0.5, 0.6) is 0 Å². The molecule has 5 heteroatoms. The summed E-state index contributed by atoms with van der Waals surface area (Å²) in [4.78, 5) is 27.4. The Morgan fingerprint density at radius 2 is 1.63 bits per heavy atom. The highest BCUT2D eigenvalue weighted by atomic mass is 16.2. The van der Waals surface area contributed by atoms with Crippen molar-refractivity contribution in [1.82, 2.24) is 10.2 Å². The molecule has 5 nitrogen and oxygen atoms in total. The average molecular weight is 410 g/mol. The van der Waals surface area contributed by atoms with Gasteiger partial charge in [-0.1, -0.05) is 58.9 Å². The Morgan fingerprint density at radius 3 is 2.20 bits per heavy atom. The van der Waals surface area contributed by atoms with Crippen molar-refractivity contribution >= 4 is 17.5 Å². The van der Waals surface area contributed by atoms with Crippen molar-refractivity contribution < 1.29 is 9.59 Å². The van der Waals surface area contributed by atoms with Gasteiger partial charge >= 0.3 is 0 Å². The molecule has 2 aromatic rings. The molecule has 162 valence electrons. The van der Waals surface area contributed by atoms with E-state index < -0.39 is 6.04 Å². The zero-order valence-electron chi connectivity index (χ0n) is 19.1. The first-order chi connectivity index (χ1) is 14.1. The summed E-state index contributed by atoms with van der Waals surface area (Å²) in [6.07, 6.45) is 0. The van der Waals surface area contributed by atoms with Gasteiger partial charge in [-0.05, 0) is 60.8 Å². The van der Waals surface area contributed by atoms with Gasteiger partial charge in [0, 0.05) is 17.8 Å². The molecule has 0 radical (unpaired) electrons. The summed E-state index contributed by atoms with van der Waals surface area (Å²) in [5.74, 6) is -0.497. The first-order valence-corrected chi connectivity index (χ1v) is 10.7. The minimum atomic E-state index is -0.647. The van der Waals surface area contributed by atoms with E-state index in [1.807, 2.05) is 30.3 Å². The van der Waals surface area contributed by atoms with Crippen molar-refractivity contribution in [2.75, 3.05) is 18.4 Å². The number of amides is 2. The van der Waals surface area contributed by atoms with Gasteiger partial charge in [0.1, 0.15) is 6.04 Å². The summed E-state index contributed by atoms with van der Waals surface area (Å²) < 4.78 is 0. The van der Waals surface area contributed by atoms with Crippen LogP contribution >= 0.6 is 0 Å². The molecule has 2 amide bonds. The SMILES string of the molecule is CCN(CC)Cc1cccc(NC(=O)C(C)NC(=O)c2ccc(C(C)(C)C)cc2)c1. The molecular formula is C25H35N3O2. The van der Waals surface area contributed by atoms with Crippen LogP contribution in [0, 0.1) is 0 Å². The molecule has 0 heterocycles. The number of rotatable bonds is 8. The molecule has 0 bridgehead atoms. The quantitative estimate of drug-likeness (QED) is 0.671. The van der Waals surface area contributed by atoms with Crippen LogP contribution in [0.3, 0.4) is 0 Å². The second kappa shape index (κ2) is 10.4. The summed E-state index contributed by atoms with van der Waals surface area (Å²) in [5.41, 5.74) is 3.62. The maximum Gasteiger partial charge on any atom is 0.251 e. The Morgan fingerprint density at radius 1 is 1.00 bits per heavy atom. The molecule has 0 aliphatic carbocycles. The summed E-state index contributed by atoms with van der Waals surface area (Å²) in [6.45, 7) is 15.2. The van der Waals surface area contributed by atoms with Crippen molar-refractivity contribution in [3.05, 3.63) is 65.2 Å². The van der Waals surface area contributed by atoms with E-state index in [-0.39, 0.29) is 17.2 Å². The van der Waals surface area contributed by atoms with Crippen LogP contribution in [0.15, 0.2) is 48.5 Å². The van der Waals surface area contributed by atoms with Crippen molar-refractivity contribution in [2.45, 2.75) is 59.5 Å². The van der Waals surface area contributed by atoms with E-state index in [1.165, 1.54) is 0 Å². The smallest absolute Gasteiger partial charge is 0.251 e. The van der Waals surface area contributed by atoms with E-state index in [9.17, 15) is 9.59 Å².